The van der Waals surface area contributed by atoms with E-state index in [2.05, 4.69) is 5.32 Å². The summed E-state index contributed by atoms with van der Waals surface area (Å²) in [7, 11) is 0. The molecule has 0 rings (SSSR count). The molecule has 4 nitrogen and oxygen atoms in total. The molecule has 0 aliphatic rings. The van der Waals surface area contributed by atoms with Gasteiger partial charge in [-0.15, -0.1) is 0 Å². The van der Waals surface area contributed by atoms with Crippen molar-refractivity contribution >= 4 is 11.9 Å². The molecule has 0 aromatic rings. The molecule has 0 spiro atoms. The molecular weight excluding hydrogens is 227 g/mol. The smallest absolute Gasteiger partial charge is 0.389 e. The fourth-order valence-electron chi connectivity index (χ4n) is 0.895. The van der Waals surface area contributed by atoms with Crippen molar-refractivity contribution in [2.24, 2.45) is 5.92 Å². The number of alkyl halides is 3. The molecule has 0 aromatic carbocycles. The SMILES string of the molecule is CC(CCNC(=O)CCC(F)(F)F)C(=O)O. The van der Waals surface area contributed by atoms with Gasteiger partial charge in [0.1, 0.15) is 0 Å². The predicted molar refractivity (Wildman–Crippen MR) is 49.7 cm³/mol. The Morgan fingerprint density at radius 2 is 1.94 bits per heavy atom. The average molecular weight is 241 g/mol. The number of aliphatic carboxylic acids is 1. The summed E-state index contributed by atoms with van der Waals surface area (Å²) in [6.45, 7) is 1.54. The number of carboxylic acids is 1. The maximum absolute atomic E-state index is 11.7. The van der Waals surface area contributed by atoms with E-state index in [-0.39, 0.29) is 13.0 Å². The fourth-order valence-corrected chi connectivity index (χ4v) is 0.895. The van der Waals surface area contributed by atoms with Gasteiger partial charge in [0.15, 0.2) is 0 Å². The maximum atomic E-state index is 11.7. The molecule has 1 unspecified atom stereocenters. The Morgan fingerprint density at radius 3 is 2.38 bits per heavy atom. The number of nitrogens with one attached hydrogen (secondary N) is 1. The van der Waals surface area contributed by atoms with E-state index < -0.39 is 36.8 Å². The normalized spacial score (nSPS) is 13.2. The van der Waals surface area contributed by atoms with Crippen molar-refractivity contribution in [3.63, 3.8) is 0 Å². The van der Waals surface area contributed by atoms with Gasteiger partial charge in [0, 0.05) is 13.0 Å². The molecule has 0 fully saturated rings. The first kappa shape index (κ1) is 14.7. The minimum absolute atomic E-state index is 0.0736. The molecule has 0 radical (unpaired) electrons. The molecule has 0 aliphatic carbocycles. The van der Waals surface area contributed by atoms with Gasteiger partial charge in [-0.2, -0.15) is 13.2 Å². The van der Waals surface area contributed by atoms with Crippen LogP contribution in [0.15, 0.2) is 0 Å². The van der Waals surface area contributed by atoms with Crippen LogP contribution in [0, 0.1) is 5.92 Å². The van der Waals surface area contributed by atoms with Crippen molar-refractivity contribution in [3.05, 3.63) is 0 Å². The first-order valence-corrected chi connectivity index (χ1v) is 4.78. The van der Waals surface area contributed by atoms with Crippen molar-refractivity contribution < 1.29 is 27.9 Å². The van der Waals surface area contributed by atoms with Gasteiger partial charge in [0.25, 0.3) is 0 Å². The highest BCUT2D eigenvalue weighted by Crippen LogP contribution is 2.20. The zero-order valence-electron chi connectivity index (χ0n) is 8.80. The van der Waals surface area contributed by atoms with Crippen LogP contribution in [0.3, 0.4) is 0 Å². The zero-order valence-corrected chi connectivity index (χ0v) is 8.80. The lowest BCUT2D eigenvalue weighted by atomic mass is 10.1. The molecule has 94 valence electrons. The highest BCUT2D eigenvalue weighted by Gasteiger charge is 2.27. The quantitative estimate of drug-likeness (QED) is 0.741. The van der Waals surface area contributed by atoms with E-state index in [0.29, 0.717) is 0 Å². The van der Waals surface area contributed by atoms with Gasteiger partial charge in [-0.1, -0.05) is 6.92 Å². The Hall–Kier alpha value is -1.27. The van der Waals surface area contributed by atoms with Gasteiger partial charge >= 0.3 is 12.1 Å². The topological polar surface area (TPSA) is 66.4 Å². The number of carbonyl (C=O) groups is 2. The number of carboxylic acid groups (broad SMARTS) is 1. The molecule has 2 N–H and O–H groups in total. The van der Waals surface area contributed by atoms with Gasteiger partial charge in [-0.3, -0.25) is 9.59 Å². The van der Waals surface area contributed by atoms with Crippen molar-refractivity contribution in [1.82, 2.24) is 5.32 Å². The second kappa shape index (κ2) is 6.34. The van der Waals surface area contributed by atoms with Crippen molar-refractivity contribution in [3.8, 4) is 0 Å². The summed E-state index contributed by atoms with van der Waals surface area (Å²) in [5.41, 5.74) is 0. The number of amides is 1. The zero-order chi connectivity index (χ0) is 12.8. The molecular formula is C9H14F3NO3. The van der Waals surface area contributed by atoms with Gasteiger partial charge in [0.05, 0.1) is 12.3 Å². The molecule has 1 amide bonds. The summed E-state index contributed by atoms with van der Waals surface area (Å²) in [6.07, 6.45) is -5.92. The summed E-state index contributed by atoms with van der Waals surface area (Å²) in [6, 6.07) is 0. The van der Waals surface area contributed by atoms with E-state index in [1.54, 1.807) is 0 Å². The number of hydrogen-bond donors (Lipinski definition) is 2. The summed E-state index contributed by atoms with van der Waals surface area (Å²) in [5, 5.41) is 10.7. The maximum Gasteiger partial charge on any atom is 0.389 e. The first-order valence-electron chi connectivity index (χ1n) is 4.78. The molecule has 0 heterocycles. The second-order valence-corrected chi connectivity index (χ2v) is 3.49. The minimum Gasteiger partial charge on any atom is -0.481 e. The van der Waals surface area contributed by atoms with Gasteiger partial charge < -0.3 is 10.4 Å². The van der Waals surface area contributed by atoms with Crippen LogP contribution in [-0.4, -0.2) is 29.7 Å². The van der Waals surface area contributed by atoms with E-state index >= 15 is 0 Å². The van der Waals surface area contributed by atoms with E-state index in [1.807, 2.05) is 0 Å². The van der Waals surface area contributed by atoms with E-state index in [0.717, 1.165) is 0 Å². The lowest BCUT2D eigenvalue weighted by Crippen LogP contribution is -2.28. The van der Waals surface area contributed by atoms with Crippen LogP contribution < -0.4 is 5.32 Å². The highest BCUT2D eigenvalue weighted by molar-refractivity contribution is 5.76. The van der Waals surface area contributed by atoms with E-state index in [9.17, 15) is 22.8 Å². The number of halogens is 3. The Balaban J connectivity index is 3.63. The van der Waals surface area contributed by atoms with Gasteiger partial charge in [-0.05, 0) is 6.42 Å². The lowest BCUT2D eigenvalue weighted by Gasteiger charge is -2.08. The molecule has 1 atom stereocenters. The molecule has 0 aliphatic heterocycles. The Morgan fingerprint density at radius 1 is 1.38 bits per heavy atom. The van der Waals surface area contributed by atoms with Crippen LogP contribution in [0.5, 0.6) is 0 Å². The number of hydrogen-bond acceptors (Lipinski definition) is 2. The van der Waals surface area contributed by atoms with E-state index in [1.165, 1.54) is 6.92 Å². The molecule has 0 saturated carbocycles. The lowest BCUT2D eigenvalue weighted by molar-refractivity contribution is -0.144. The van der Waals surface area contributed by atoms with Crippen LogP contribution in [0.2, 0.25) is 0 Å². The molecule has 16 heavy (non-hydrogen) atoms. The van der Waals surface area contributed by atoms with Crippen LogP contribution in [0.1, 0.15) is 26.2 Å². The third kappa shape index (κ3) is 8.07. The van der Waals surface area contributed by atoms with Gasteiger partial charge in [-0.25, -0.2) is 0 Å². The number of rotatable bonds is 6. The van der Waals surface area contributed by atoms with Crippen molar-refractivity contribution in [1.29, 1.82) is 0 Å². The Bertz CT molecular complexity index is 253. The fraction of sp³-hybridized carbons (Fsp3) is 0.778. The molecule has 0 bridgehead atoms. The van der Waals surface area contributed by atoms with Crippen molar-refractivity contribution in [2.75, 3.05) is 6.54 Å². The summed E-state index contributed by atoms with van der Waals surface area (Å²) in [4.78, 5) is 21.3. The summed E-state index contributed by atoms with van der Waals surface area (Å²) in [5.74, 6) is -2.33. The molecule has 0 saturated heterocycles. The van der Waals surface area contributed by atoms with Crippen LogP contribution in [-0.2, 0) is 9.59 Å². The Labute approximate surface area is 90.8 Å². The van der Waals surface area contributed by atoms with E-state index in [4.69, 9.17) is 5.11 Å². The molecule has 0 aromatic heterocycles. The monoisotopic (exact) mass is 241 g/mol. The number of carbonyl (C=O) groups excluding carboxylic acids is 1. The van der Waals surface area contributed by atoms with Crippen molar-refractivity contribution in [2.45, 2.75) is 32.4 Å². The van der Waals surface area contributed by atoms with Crippen LogP contribution >= 0.6 is 0 Å². The second-order valence-electron chi connectivity index (χ2n) is 3.49. The first-order chi connectivity index (χ1) is 7.22. The van der Waals surface area contributed by atoms with Gasteiger partial charge in [0.2, 0.25) is 5.91 Å². The highest BCUT2D eigenvalue weighted by atomic mass is 19.4. The summed E-state index contributed by atoms with van der Waals surface area (Å²) < 4.78 is 35.1. The van der Waals surface area contributed by atoms with Crippen LogP contribution in [0.4, 0.5) is 13.2 Å². The molecule has 7 heteroatoms. The Kier molecular flexibility index (Phi) is 5.84. The summed E-state index contributed by atoms with van der Waals surface area (Å²) >= 11 is 0. The third-order valence-electron chi connectivity index (χ3n) is 1.96. The minimum atomic E-state index is -4.34. The average Bonchev–Trinajstić information content (AvgIpc) is 2.13. The third-order valence-corrected chi connectivity index (χ3v) is 1.96. The largest absolute Gasteiger partial charge is 0.481 e. The standard InChI is InChI=1S/C9H14F3NO3/c1-6(8(15)16)3-5-13-7(14)2-4-9(10,11)12/h6H,2-5H2,1H3,(H,13,14)(H,15,16). The van der Waals surface area contributed by atoms with Crippen LogP contribution in [0.25, 0.3) is 0 Å². The predicted octanol–water partition coefficient (Wildman–Crippen LogP) is 1.56.